The molecule has 0 radical (unpaired) electrons. The molecule has 0 aromatic heterocycles. The Labute approximate surface area is 106 Å². The van der Waals surface area contributed by atoms with Gasteiger partial charge in [0.05, 0.1) is 6.61 Å². The normalized spacial score (nSPS) is 23.0. The zero-order valence-corrected chi connectivity index (χ0v) is 10.4. The van der Waals surface area contributed by atoms with E-state index in [0.717, 1.165) is 5.56 Å². The average Bonchev–Trinajstić information content (AvgIpc) is 2.72. The summed E-state index contributed by atoms with van der Waals surface area (Å²) in [4.78, 5) is 11.9. The summed E-state index contributed by atoms with van der Waals surface area (Å²) in [5.74, 6) is -0.231. The van der Waals surface area contributed by atoms with E-state index < -0.39 is 5.60 Å². The van der Waals surface area contributed by atoms with Crippen LogP contribution in [-0.2, 0) is 4.74 Å². The predicted octanol–water partition coefficient (Wildman–Crippen LogP) is 0.458. The minimum absolute atomic E-state index is 0.194. The second kappa shape index (κ2) is 4.96. The van der Waals surface area contributed by atoms with E-state index in [1.807, 2.05) is 6.92 Å². The van der Waals surface area contributed by atoms with Crippen molar-refractivity contribution in [2.75, 3.05) is 25.5 Å². The average molecular weight is 250 g/mol. The quantitative estimate of drug-likeness (QED) is 0.680. The minimum atomic E-state index is -0.939. The van der Waals surface area contributed by atoms with E-state index in [9.17, 15) is 9.90 Å². The van der Waals surface area contributed by atoms with Gasteiger partial charge in [0.1, 0.15) is 5.60 Å². The zero-order chi connectivity index (χ0) is 13.2. The first-order chi connectivity index (χ1) is 8.48. The Hall–Kier alpha value is -1.59. The van der Waals surface area contributed by atoms with Crippen LogP contribution >= 0.6 is 0 Å². The second-order valence-electron chi connectivity index (χ2n) is 4.84. The highest BCUT2D eigenvalue weighted by Gasteiger charge is 2.32. The molecule has 4 N–H and O–H groups in total. The molecule has 0 bridgehead atoms. The third-order valence-electron chi connectivity index (χ3n) is 3.02. The number of nitrogen functional groups attached to an aromatic ring is 1. The molecule has 18 heavy (non-hydrogen) atoms. The highest BCUT2D eigenvalue weighted by atomic mass is 16.5. The monoisotopic (exact) mass is 250 g/mol. The molecule has 1 unspecified atom stereocenters. The Bertz CT molecular complexity index is 433. The molecule has 1 aliphatic heterocycles. The lowest BCUT2D eigenvalue weighted by molar-refractivity contribution is 0.0264. The lowest BCUT2D eigenvalue weighted by Gasteiger charge is -2.20. The van der Waals surface area contributed by atoms with E-state index in [4.69, 9.17) is 10.5 Å². The van der Waals surface area contributed by atoms with Gasteiger partial charge in [0.15, 0.2) is 0 Å². The van der Waals surface area contributed by atoms with Crippen LogP contribution in [0.1, 0.15) is 22.3 Å². The smallest absolute Gasteiger partial charge is 0.251 e. The maximum Gasteiger partial charge on any atom is 0.251 e. The van der Waals surface area contributed by atoms with Gasteiger partial charge in [-0.3, -0.25) is 4.79 Å². The molecule has 1 heterocycles. The number of carbonyl (C=O) groups excluding carboxylic acids is 1. The third kappa shape index (κ3) is 3.00. The number of hydrogen-bond donors (Lipinski definition) is 3. The van der Waals surface area contributed by atoms with Gasteiger partial charge in [-0.25, -0.2) is 0 Å². The maximum atomic E-state index is 11.9. The second-order valence-corrected chi connectivity index (χ2v) is 4.84. The summed E-state index contributed by atoms with van der Waals surface area (Å²) in [6, 6.07) is 5.19. The molecule has 1 aliphatic rings. The molecule has 1 atom stereocenters. The van der Waals surface area contributed by atoms with E-state index in [1.165, 1.54) is 0 Å². The van der Waals surface area contributed by atoms with Crippen LogP contribution in [0.4, 0.5) is 5.69 Å². The van der Waals surface area contributed by atoms with Gasteiger partial charge in [0.2, 0.25) is 0 Å². The van der Waals surface area contributed by atoms with Gasteiger partial charge in [-0.1, -0.05) is 0 Å². The summed E-state index contributed by atoms with van der Waals surface area (Å²) < 4.78 is 5.12. The molecule has 1 aromatic carbocycles. The van der Waals surface area contributed by atoms with E-state index in [-0.39, 0.29) is 19.1 Å². The number of aryl methyl sites for hydroxylation is 1. The van der Waals surface area contributed by atoms with Gasteiger partial charge in [-0.2, -0.15) is 0 Å². The van der Waals surface area contributed by atoms with Crippen LogP contribution in [0.3, 0.4) is 0 Å². The number of hydrogen-bond acceptors (Lipinski definition) is 4. The van der Waals surface area contributed by atoms with Crippen molar-refractivity contribution in [2.45, 2.75) is 18.9 Å². The van der Waals surface area contributed by atoms with Crippen molar-refractivity contribution in [3.8, 4) is 0 Å². The standard InChI is InChI=1S/C13H18N2O3/c1-9-4-10(6-11(14)5-9)12(16)15-7-13(17)2-3-18-8-13/h4-6,17H,2-3,7-8,14H2,1H3,(H,15,16). The Morgan fingerprint density at radius 2 is 2.33 bits per heavy atom. The Morgan fingerprint density at radius 3 is 2.94 bits per heavy atom. The van der Waals surface area contributed by atoms with E-state index in [2.05, 4.69) is 5.32 Å². The molecule has 0 saturated carbocycles. The number of ether oxygens (including phenoxy) is 1. The molecular weight excluding hydrogens is 232 g/mol. The summed E-state index contributed by atoms with van der Waals surface area (Å²) >= 11 is 0. The number of carbonyl (C=O) groups is 1. The van der Waals surface area contributed by atoms with Crippen molar-refractivity contribution in [3.63, 3.8) is 0 Å². The molecule has 1 fully saturated rings. The van der Waals surface area contributed by atoms with Crippen LogP contribution in [0.25, 0.3) is 0 Å². The van der Waals surface area contributed by atoms with Gasteiger partial charge in [0, 0.05) is 30.8 Å². The fourth-order valence-electron chi connectivity index (χ4n) is 2.03. The topological polar surface area (TPSA) is 84.6 Å². The molecular formula is C13H18N2O3. The van der Waals surface area contributed by atoms with Crippen molar-refractivity contribution in [2.24, 2.45) is 0 Å². The van der Waals surface area contributed by atoms with Crippen molar-refractivity contribution in [1.82, 2.24) is 5.32 Å². The molecule has 2 rings (SSSR count). The Morgan fingerprint density at radius 1 is 1.56 bits per heavy atom. The number of anilines is 1. The molecule has 5 nitrogen and oxygen atoms in total. The lowest BCUT2D eigenvalue weighted by Crippen LogP contribution is -2.43. The summed E-state index contributed by atoms with van der Waals surface area (Å²) in [7, 11) is 0. The van der Waals surface area contributed by atoms with Crippen LogP contribution in [0.2, 0.25) is 0 Å². The first kappa shape index (κ1) is 12.9. The van der Waals surface area contributed by atoms with Crippen LogP contribution in [0, 0.1) is 6.92 Å². The van der Waals surface area contributed by atoms with E-state index >= 15 is 0 Å². The number of aliphatic hydroxyl groups is 1. The van der Waals surface area contributed by atoms with Gasteiger partial charge >= 0.3 is 0 Å². The van der Waals surface area contributed by atoms with E-state index in [0.29, 0.717) is 24.3 Å². The maximum absolute atomic E-state index is 11.9. The fraction of sp³-hybridized carbons (Fsp3) is 0.462. The summed E-state index contributed by atoms with van der Waals surface area (Å²) in [6.45, 7) is 2.87. The van der Waals surface area contributed by atoms with Crippen LogP contribution in [0.15, 0.2) is 18.2 Å². The molecule has 5 heteroatoms. The summed E-state index contributed by atoms with van der Waals surface area (Å²) in [6.07, 6.45) is 0.545. The highest BCUT2D eigenvalue weighted by molar-refractivity contribution is 5.95. The van der Waals surface area contributed by atoms with Crippen molar-refractivity contribution in [3.05, 3.63) is 29.3 Å². The first-order valence-electron chi connectivity index (χ1n) is 5.94. The Kier molecular flexibility index (Phi) is 3.54. The van der Waals surface area contributed by atoms with Crippen LogP contribution in [0.5, 0.6) is 0 Å². The molecule has 98 valence electrons. The highest BCUT2D eigenvalue weighted by Crippen LogP contribution is 2.17. The van der Waals surface area contributed by atoms with Gasteiger partial charge in [0.25, 0.3) is 5.91 Å². The molecule has 1 amide bonds. The van der Waals surface area contributed by atoms with Gasteiger partial charge in [-0.05, 0) is 30.7 Å². The van der Waals surface area contributed by atoms with Gasteiger partial charge in [-0.15, -0.1) is 0 Å². The number of amides is 1. The first-order valence-corrected chi connectivity index (χ1v) is 5.94. The van der Waals surface area contributed by atoms with Crippen molar-refractivity contribution in [1.29, 1.82) is 0 Å². The molecule has 0 spiro atoms. The third-order valence-corrected chi connectivity index (χ3v) is 3.02. The molecule has 1 aromatic rings. The largest absolute Gasteiger partial charge is 0.399 e. The molecule has 0 aliphatic carbocycles. The number of nitrogens with one attached hydrogen (secondary N) is 1. The number of benzene rings is 1. The van der Waals surface area contributed by atoms with Gasteiger partial charge < -0.3 is 20.9 Å². The molecule has 1 saturated heterocycles. The summed E-state index contributed by atoms with van der Waals surface area (Å²) in [5, 5.41) is 12.7. The SMILES string of the molecule is Cc1cc(N)cc(C(=O)NCC2(O)CCOC2)c1. The lowest BCUT2D eigenvalue weighted by atomic mass is 10.0. The fourth-order valence-corrected chi connectivity index (χ4v) is 2.03. The van der Waals surface area contributed by atoms with Crippen LogP contribution < -0.4 is 11.1 Å². The minimum Gasteiger partial charge on any atom is -0.399 e. The Balaban J connectivity index is 1.99. The van der Waals surface area contributed by atoms with Crippen LogP contribution in [-0.4, -0.2) is 36.4 Å². The van der Waals surface area contributed by atoms with Crippen molar-refractivity contribution < 1.29 is 14.6 Å². The summed E-state index contributed by atoms with van der Waals surface area (Å²) in [5.41, 5.74) is 6.75. The predicted molar refractivity (Wildman–Crippen MR) is 68.3 cm³/mol. The van der Waals surface area contributed by atoms with Crippen molar-refractivity contribution >= 4 is 11.6 Å². The number of rotatable bonds is 3. The zero-order valence-electron chi connectivity index (χ0n) is 10.4. The van der Waals surface area contributed by atoms with E-state index in [1.54, 1.807) is 18.2 Å². The number of nitrogens with two attached hydrogens (primary N) is 1.